The van der Waals surface area contributed by atoms with Crippen molar-refractivity contribution >= 4 is 5.78 Å². The van der Waals surface area contributed by atoms with Crippen LogP contribution in [0.3, 0.4) is 0 Å². The zero-order chi connectivity index (χ0) is 11.5. The van der Waals surface area contributed by atoms with Gasteiger partial charge in [-0.05, 0) is 32.3 Å². The van der Waals surface area contributed by atoms with E-state index in [0.29, 0.717) is 0 Å². The van der Waals surface area contributed by atoms with Crippen molar-refractivity contribution in [1.29, 1.82) is 0 Å². The summed E-state index contributed by atoms with van der Waals surface area (Å²) in [6, 6.07) is 5.92. The molecule has 0 amide bonds. The number of aryl methyl sites for hydroxylation is 2. The monoisotopic (exact) mass is 216 g/mol. The number of carbonyl (C=O) groups excluding carboxylic acids is 1. The van der Waals surface area contributed by atoms with Crippen LogP contribution in [0.5, 0.6) is 0 Å². The summed E-state index contributed by atoms with van der Waals surface area (Å²) in [6.45, 7) is 4.73. The van der Waals surface area contributed by atoms with E-state index in [1.807, 2.05) is 32.0 Å². The molecule has 0 saturated heterocycles. The Morgan fingerprint density at radius 1 is 1.31 bits per heavy atom. The molecule has 0 fully saturated rings. The van der Waals surface area contributed by atoms with Gasteiger partial charge in [-0.1, -0.05) is 23.8 Å². The maximum atomic E-state index is 12.2. The van der Waals surface area contributed by atoms with E-state index in [4.69, 9.17) is 4.74 Å². The Labute approximate surface area is 95.9 Å². The Balaban J connectivity index is 2.30. The highest BCUT2D eigenvalue weighted by molar-refractivity contribution is 6.09. The van der Waals surface area contributed by atoms with E-state index < -0.39 is 0 Å². The van der Waals surface area contributed by atoms with Crippen LogP contribution in [0, 0.1) is 13.8 Å². The second-order valence-corrected chi connectivity index (χ2v) is 4.26. The molecule has 2 nitrogen and oxygen atoms in total. The largest absolute Gasteiger partial charge is 0.501 e. The molecule has 0 bridgehead atoms. The van der Waals surface area contributed by atoms with Crippen molar-refractivity contribution in [3.8, 4) is 0 Å². The summed E-state index contributed by atoms with van der Waals surface area (Å²) < 4.78 is 5.21. The summed E-state index contributed by atoms with van der Waals surface area (Å²) in [6.07, 6.45) is 3.37. The molecule has 1 heterocycles. The van der Waals surface area contributed by atoms with Crippen LogP contribution in [0.2, 0.25) is 0 Å². The van der Waals surface area contributed by atoms with Gasteiger partial charge in [-0.15, -0.1) is 0 Å². The Bertz CT molecular complexity index is 444. The predicted octanol–water partition coefficient (Wildman–Crippen LogP) is 3.18. The van der Waals surface area contributed by atoms with Crippen LogP contribution in [0.15, 0.2) is 30.0 Å². The molecule has 0 saturated carbocycles. The summed E-state index contributed by atoms with van der Waals surface area (Å²) in [4.78, 5) is 12.2. The molecule has 0 atom stereocenters. The standard InChI is InChI=1S/C14H16O2/c1-10-5-6-13(11(2)8-10)14(15)12-4-3-7-16-9-12/h5-6,8-9H,3-4,7H2,1-2H3. The van der Waals surface area contributed by atoms with Crippen molar-refractivity contribution < 1.29 is 9.53 Å². The zero-order valence-electron chi connectivity index (χ0n) is 9.75. The van der Waals surface area contributed by atoms with Gasteiger partial charge in [0.05, 0.1) is 12.9 Å². The highest BCUT2D eigenvalue weighted by atomic mass is 16.5. The minimum absolute atomic E-state index is 0.109. The van der Waals surface area contributed by atoms with E-state index in [9.17, 15) is 4.79 Å². The first kappa shape index (κ1) is 10.9. The first-order valence-corrected chi connectivity index (χ1v) is 5.61. The van der Waals surface area contributed by atoms with Gasteiger partial charge >= 0.3 is 0 Å². The van der Waals surface area contributed by atoms with Crippen molar-refractivity contribution in [1.82, 2.24) is 0 Å². The van der Waals surface area contributed by atoms with Gasteiger partial charge in [0.25, 0.3) is 0 Å². The van der Waals surface area contributed by atoms with Gasteiger partial charge in [-0.3, -0.25) is 4.79 Å². The quantitative estimate of drug-likeness (QED) is 0.710. The van der Waals surface area contributed by atoms with Gasteiger partial charge in [0.15, 0.2) is 5.78 Å². The van der Waals surface area contributed by atoms with Crippen LogP contribution in [0.25, 0.3) is 0 Å². The van der Waals surface area contributed by atoms with Crippen molar-refractivity contribution in [3.05, 3.63) is 46.7 Å². The Kier molecular flexibility index (Phi) is 3.09. The normalized spacial score (nSPS) is 15.2. The molecule has 0 N–H and O–H groups in total. The van der Waals surface area contributed by atoms with E-state index in [0.717, 1.165) is 36.1 Å². The lowest BCUT2D eigenvalue weighted by atomic mass is 9.95. The fourth-order valence-electron chi connectivity index (χ4n) is 1.97. The highest BCUT2D eigenvalue weighted by Gasteiger charge is 2.16. The molecule has 0 unspecified atom stereocenters. The third-order valence-electron chi connectivity index (χ3n) is 2.85. The number of benzene rings is 1. The lowest BCUT2D eigenvalue weighted by Crippen LogP contribution is -2.10. The molecular formula is C14H16O2. The average molecular weight is 216 g/mol. The van der Waals surface area contributed by atoms with E-state index in [2.05, 4.69) is 0 Å². The van der Waals surface area contributed by atoms with Crippen LogP contribution < -0.4 is 0 Å². The molecular weight excluding hydrogens is 200 g/mol. The third kappa shape index (κ3) is 2.16. The minimum Gasteiger partial charge on any atom is -0.501 e. The van der Waals surface area contributed by atoms with Crippen molar-refractivity contribution in [3.63, 3.8) is 0 Å². The summed E-state index contributed by atoms with van der Waals surface area (Å²) in [5.41, 5.74) is 3.81. The Hall–Kier alpha value is -1.57. The number of ether oxygens (including phenoxy) is 1. The summed E-state index contributed by atoms with van der Waals surface area (Å²) >= 11 is 0. The van der Waals surface area contributed by atoms with Crippen LogP contribution in [-0.2, 0) is 4.74 Å². The van der Waals surface area contributed by atoms with Gasteiger partial charge in [0.1, 0.15) is 0 Å². The fraction of sp³-hybridized carbons (Fsp3) is 0.357. The molecule has 2 heteroatoms. The number of hydrogen-bond acceptors (Lipinski definition) is 2. The SMILES string of the molecule is Cc1ccc(C(=O)C2=COCCC2)c(C)c1. The second-order valence-electron chi connectivity index (χ2n) is 4.26. The summed E-state index contributed by atoms with van der Waals surface area (Å²) in [5.74, 6) is 0.109. The van der Waals surface area contributed by atoms with Crippen molar-refractivity contribution in [2.75, 3.05) is 6.61 Å². The third-order valence-corrected chi connectivity index (χ3v) is 2.85. The molecule has 0 aliphatic carbocycles. The molecule has 1 aliphatic heterocycles. The average Bonchev–Trinajstić information content (AvgIpc) is 2.29. The van der Waals surface area contributed by atoms with Gasteiger partial charge in [-0.2, -0.15) is 0 Å². The summed E-state index contributed by atoms with van der Waals surface area (Å²) in [7, 11) is 0. The number of allylic oxidation sites excluding steroid dienone is 1. The van der Waals surface area contributed by atoms with Crippen molar-refractivity contribution in [2.45, 2.75) is 26.7 Å². The van der Waals surface area contributed by atoms with Gasteiger partial charge in [0, 0.05) is 11.1 Å². The lowest BCUT2D eigenvalue weighted by Gasteiger charge is -2.13. The molecule has 84 valence electrons. The fourth-order valence-corrected chi connectivity index (χ4v) is 1.97. The number of ketones is 1. The zero-order valence-corrected chi connectivity index (χ0v) is 9.75. The van der Waals surface area contributed by atoms with E-state index in [1.54, 1.807) is 6.26 Å². The Morgan fingerprint density at radius 3 is 2.75 bits per heavy atom. The van der Waals surface area contributed by atoms with Crippen LogP contribution in [0.1, 0.15) is 34.3 Å². The molecule has 0 aromatic heterocycles. The minimum atomic E-state index is 0.109. The number of hydrogen-bond donors (Lipinski definition) is 0. The maximum absolute atomic E-state index is 12.2. The number of carbonyl (C=O) groups is 1. The molecule has 1 aromatic carbocycles. The van der Waals surface area contributed by atoms with Crippen LogP contribution in [-0.4, -0.2) is 12.4 Å². The highest BCUT2D eigenvalue weighted by Crippen LogP contribution is 2.20. The predicted molar refractivity (Wildman–Crippen MR) is 63.5 cm³/mol. The first-order valence-electron chi connectivity index (χ1n) is 5.61. The molecule has 1 aromatic rings. The second kappa shape index (κ2) is 4.52. The first-order chi connectivity index (χ1) is 7.68. The molecule has 2 rings (SSSR count). The molecule has 1 aliphatic rings. The lowest BCUT2D eigenvalue weighted by molar-refractivity contribution is 0.101. The van der Waals surface area contributed by atoms with Crippen LogP contribution >= 0.6 is 0 Å². The summed E-state index contributed by atoms with van der Waals surface area (Å²) in [5, 5.41) is 0. The number of rotatable bonds is 2. The molecule has 16 heavy (non-hydrogen) atoms. The maximum Gasteiger partial charge on any atom is 0.192 e. The van der Waals surface area contributed by atoms with E-state index in [-0.39, 0.29) is 5.78 Å². The van der Waals surface area contributed by atoms with E-state index in [1.165, 1.54) is 5.56 Å². The van der Waals surface area contributed by atoms with Crippen LogP contribution in [0.4, 0.5) is 0 Å². The van der Waals surface area contributed by atoms with Gasteiger partial charge < -0.3 is 4.74 Å². The topological polar surface area (TPSA) is 26.3 Å². The van der Waals surface area contributed by atoms with Crippen molar-refractivity contribution in [2.24, 2.45) is 0 Å². The smallest absolute Gasteiger partial charge is 0.192 e. The molecule has 0 spiro atoms. The molecule has 0 radical (unpaired) electrons. The van der Waals surface area contributed by atoms with E-state index >= 15 is 0 Å². The number of Topliss-reactive ketones (excluding diaryl/α,β-unsaturated/α-hetero) is 1. The van der Waals surface area contributed by atoms with Gasteiger partial charge in [-0.25, -0.2) is 0 Å². The Morgan fingerprint density at radius 2 is 2.12 bits per heavy atom. The van der Waals surface area contributed by atoms with Gasteiger partial charge in [0.2, 0.25) is 0 Å².